The highest BCUT2D eigenvalue weighted by Gasteiger charge is 2.31. The molecule has 1 saturated heterocycles. The third kappa shape index (κ3) is 4.95. The van der Waals surface area contributed by atoms with E-state index in [9.17, 15) is 4.79 Å². The first-order valence-electron chi connectivity index (χ1n) is 8.24. The molecule has 5 heteroatoms. The lowest BCUT2D eigenvalue weighted by Crippen LogP contribution is -2.43. The molecule has 1 amide bonds. The minimum absolute atomic E-state index is 0.207. The van der Waals surface area contributed by atoms with Crippen molar-refractivity contribution < 1.29 is 9.53 Å². The first-order valence-corrected chi connectivity index (χ1v) is 9.03. The van der Waals surface area contributed by atoms with Gasteiger partial charge in [-0.15, -0.1) is 0 Å². The van der Waals surface area contributed by atoms with Crippen LogP contribution in [-0.4, -0.2) is 36.2 Å². The van der Waals surface area contributed by atoms with Gasteiger partial charge in [-0.2, -0.15) is 0 Å². The monoisotopic (exact) mass is 382 g/mol. The second-order valence-electron chi connectivity index (χ2n) is 7.17. The Morgan fingerprint density at radius 2 is 1.96 bits per heavy atom. The second-order valence-corrected chi connectivity index (χ2v) is 8.02. The van der Waals surface area contributed by atoms with E-state index in [0.29, 0.717) is 18.4 Å². The molecule has 1 aliphatic heterocycles. The number of piperidine rings is 1. The highest BCUT2D eigenvalue weighted by Crippen LogP contribution is 2.35. The molecule has 0 bridgehead atoms. The summed E-state index contributed by atoms with van der Waals surface area (Å²) in [4.78, 5) is 14.0. The van der Waals surface area contributed by atoms with Gasteiger partial charge in [0, 0.05) is 23.5 Å². The fourth-order valence-corrected chi connectivity index (χ4v) is 3.74. The van der Waals surface area contributed by atoms with E-state index >= 15 is 0 Å². The SMILES string of the molecule is CC(C)(C)OC(=O)N1CCC(C(CN)c2ccccc2Br)CC1. The largest absolute Gasteiger partial charge is 0.444 e. The molecule has 4 nitrogen and oxygen atoms in total. The highest BCUT2D eigenvalue weighted by atomic mass is 79.9. The van der Waals surface area contributed by atoms with Crippen LogP contribution in [0.25, 0.3) is 0 Å². The number of hydrogen-bond acceptors (Lipinski definition) is 3. The summed E-state index contributed by atoms with van der Waals surface area (Å²) in [7, 11) is 0. The summed E-state index contributed by atoms with van der Waals surface area (Å²) in [6.45, 7) is 7.79. The summed E-state index contributed by atoms with van der Waals surface area (Å²) in [6.07, 6.45) is 1.71. The van der Waals surface area contributed by atoms with Gasteiger partial charge in [0.1, 0.15) is 5.60 Å². The summed E-state index contributed by atoms with van der Waals surface area (Å²) in [5, 5.41) is 0. The van der Waals surface area contributed by atoms with Gasteiger partial charge in [0.05, 0.1) is 0 Å². The molecule has 0 spiro atoms. The van der Waals surface area contributed by atoms with Crippen LogP contribution >= 0.6 is 15.9 Å². The van der Waals surface area contributed by atoms with Crippen molar-refractivity contribution >= 4 is 22.0 Å². The predicted octanol–water partition coefficient (Wildman–Crippen LogP) is 4.14. The van der Waals surface area contributed by atoms with E-state index in [1.54, 1.807) is 0 Å². The Morgan fingerprint density at radius 3 is 2.48 bits per heavy atom. The number of halogens is 1. The van der Waals surface area contributed by atoms with Gasteiger partial charge in [0.25, 0.3) is 0 Å². The van der Waals surface area contributed by atoms with E-state index in [4.69, 9.17) is 10.5 Å². The summed E-state index contributed by atoms with van der Waals surface area (Å²) in [5.74, 6) is 0.823. The summed E-state index contributed by atoms with van der Waals surface area (Å²) >= 11 is 3.63. The molecule has 1 unspecified atom stereocenters. The molecule has 2 N–H and O–H groups in total. The van der Waals surface area contributed by atoms with Crippen molar-refractivity contribution in [1.82, 2.24) is 4.90 Å². The van der Waals surface area contributed by atoms with Gasteiger partial charge in [-0.25, -0.2) is 4.79 Å². The van der Waals surface area contributed by atoms with Crippen molar-refractivity contribution in [3.63, 3.8) is 0 Å². The molecule has 1 heterocycles. The number of carbonyl (C=O) groups excluding carboxylic acids is 1. The van der Waals surface area contributed by atoms with Crippen LogP contribution in [0.1, 0.15) is 45.1 Å². The molecule has 1 aromatic rings. The summed E-state index contributed by atoms with van der Waals surface area (Å²) in [5.41, 5.74) is 6.88. The average Bonchev–Trinajstić information content (AvgIpc) is 2.49. The molecule has 2 rings (SSSR count). The van der Waals surface area contributed by atoms with Gasteiger partial charge in [-0.05, 0) is 57.7 Å². The molecular formula is C18H27BrN2O2. The quantitative estimate of drug-likeness (QED) is 0.854. The lowest BCUT2D eigenvalue weighted by molar-refractivity contribution is 0.0175. The minimum Gasteiger partial charge on any atom is -0.444 e. The van der Waals surface area contributed by atoms with Gasteiger partial charge >= 0.3 is 6.09 Å². The number of hydrogen-bond donors (Lipinski definition) is 1. The van der Waals surface area contributed by atoms with Crippen molar-refractivity contribution in [2.45, 2.75) is 45.1 Å². The number of ether oxygens (including phenoxy) is 1. The van der Waals surface area contributed by atoms with Crippen LogP contribution in [0.15, 0.2) is 28.7 Å². The Kier molecular flexibility index (Phi) is 6.09. The van der Waals surface area contributed by atoms with Gasteiger partial charge in [0.2, 0.25) is 0 Å². The molecule has 1 aliphatic rings. The van der Waals surface area contributed by atoms with Crippen LogP contribution in [0.5, 0.6) is 0 Å². The van der Waals surface area contributed by atoms with E-state index in [0.717, 1.165) is 30.4 Å². The Morgan fingerprint density at radius 1 is 1.35 bits per heavy atom. The van der Waals surface area contributed by atoms with E-state index in [-0.39, 0.29) is 6.09 Å². The zero-order chi connectivity index (χ0) is 17.0. The van der Waals surface area contributed by atoms with Gasteiger partial charge in [0.15, 0.2) is 0 Å². The molecule has 1 atom stereocenters. The molecule has 0 radical (unpaired) electrons. The third-order valence-electron chi connectivity index (χ3n) is 4.32. The van der Waals surface area contributed by atoms with E-state index in [1.807, 2.05) is 31.7 Å². The van der Waals surface area contributed by atoms with Crippen LogP contribution in [0.3, 0.4) is 0 Å². The van der Waals surface area contributed by atoms with Crippen molar-refractivity contribution in [3.8, 4) is 0 Å². The summed E-state index contributed by atoms with van der Waals surface area (Å²) < 4.78 is 6.57. The lowest BCUT2D eigenvalue weighted by Gasteiger charge is -2.36. The fourth-order valence-electron chi connectivity index (χ4n) is 3.16. The van der Waals surface area contributed by atoms with E-state index in [1.165, 1.54) is 5.56 Å². The highest BCUT2D eigenvalue weighted by molar-refractivity contribution is 9.10. The fraction of sp³-hybridized carbons (Fsp3) is 0.611. The first-order chi connectivity index (χ1) is 10.8. The molecular weight excluding hydrogens is 356 g/mol. The van der Waals surface area contributed by atoms with Gasteiger partial charge in [-0.1, -0.05) is 34.1 Å². The standard InChI is InChI=1S/C18H27BrN2O2/c1-18(2,3)23-17(22)21-10-8-13(9-11-21)15(12-20)14-6-4-5-7-16(14)19/h4-7,13,15H,8-12,20H2,1-3H3. The maximum Gasteiger partial charge on any atom is 0.410 e. The molecule has 0 saturated carbocycles. The molecule has 1 aromatic carbocycles. The normalized spacial score (nSPS) is 17.9. The molecule has 23 heavy (non-hydrogen) atoms. The Bertz CT molecular complexity index is 534. The van der Waals surface area contributed by atoms with Crippen molar-refractivity contribution in [2.75, 3.05) is 19.6 Å². The molecule has 0 aliphatic carbocycles. The van der Waals surface area contributed by atoms with Crippen LogP contribution < -0.4 is 5.73 Å². The van der Waals surface area contributed by atoms with Crippen molar-refractivity contribution in [3.05, 3.63) is 34.3 Å². The Balaban J connectivity index is 1.98. The minimum atomic E-state index is -0.442. The maximum absolute atomic E-state index is 12.2. The lowest BCUT2D eigenvalue weighted by atomic mass is 9.80. The van der Waals surface area contributed by atoms with Crippen LogP contribution in [0, 0.1) is 5.92 Å². The number of rotatable bonds is 3. The first kappa shape index (κ1) is 18.3. The molecule has 0 aromatic heterocycles. The molecule has 1 fully saturated rings. The molecule has 128 valence electrons. The third-order valence-corrected chi connectivity index (χ3v) is 5.04. The number of nitrogens with two attached hydrogens (primary N) is 1. The topological polar surface area (TPSA) is 55.6 Å². The van der Waals surface area contributed by atoms with Crippen LogP contribution in [0.4, 0.5) is 4.79 Å². The average molecular weight is 383 g/mol. The zero-order valence-corrected chi connectivity index (χ0v) is 15.8. The number of likely N-dealkylation sites (tertiary alicyclic amines) is 1. The van der Waals surface area contributed by atoms with Crippen molar-refractivity contribution in [2.24, 2.45) is 11.7 Å². The zero-order valence-electron chi connectivity index (χ0n) is 14.2. The van der Waals surface area contributed by atoms with E-state index < -0.39 is 5.60 Å². The number of benzene rings is 1. The summed E-state index contributed by atoms with van der Waals surface area (Å²) in [6, 6.07) is 8.28. The number of carbonyl (C=O) groups is 1. The van der Waals surface area contributed by atoms with Gasteiger partial charge in [-0.3, -0.25) is 0 Å². The van der Waals surface area contributed by atoms with E-state index in [2.05, 4.69) is 34.1 Å². The van der Waals surface area contributed by atoms with Crippen LogP contribution in [0.2, 0.25) is 0 Å². The smallest absolute Gasteiger partial charge is 0.410 e. The van der Waals surface area contributed by atoms with Crippen LogP contribution in [-0.2, 0) is 4.74 Å². The maximum atomic E-state index is 12.2. The van der Waals surface area contributed by atoms with Gasteiger partial charge < -0.3 is 15.4 Å². The van der Waals surface area contributed by atoms with Crippen molar-refractivity contribution in [1.29, 1.82) is 0 Å². The number of nitrogens with zero attached hydrogens (tertiary/aromatic N) is 1. The Hall–Kier alpha value is -1.07. The second kappa shape index (κ2) is 7.67. The predicted molar refractivity (Wildman–Crippen MR) is 96.5 cm³/mol. The number of amides is 1. The Labute approximate surface area is 147 Å².